The van der Waals surface area contributed by atoms with Crippen molar-refractivity contribution in [2.24, 2.45) is 0 Å². The highest BCUT2D eigenvalue weighted by Gasteiger charge is 2.05. The molecule has 0 fully saturated rings. The summed E-state index contributed by atoms with van der Waals surface area (Å²) in [5, 5.41) is 5.34. The molecule has 0 unspecified atom stereocenters. The maximum Gasteiger partial charge on any atom is 0.319 e. The number of urea groups is 1. The van der Waals surface area contributed by atoms with E-state index in [9.17, 15) is 4.79 Å². The van der Waals surface area contributed by atoms with E-state index in [0.29, 0.717) is 24.6 Å². The Hall–Kier alpha value is -1.75. The average molecular weight is 224 g/mol. The Kier molecular flexibility index (Phi) is 5.15. The van der Waals surface area contributed by atoms with Gasteiger partial charge in [0.25, 0.3) is 0 Å². The molecular weight excluding hydrogens is 208 g/mol. The Morgan fingerprint density at radius 2 is 2.06 bits per heavy atom. The fourth-order valence-electron chi connectivity index (χ4n) is 1.18. The fraction of sp³-hybridized carbons (Fsp3) is 0.364. The van der Waals surface area contributed by atoms with Gasteiger partial charge in [-0.3, -0.25) is 0 Å². The zero-order chi connectivity index (χ0) is 11.8. The molecule has 0 aliphatic rings. The van der Waals surface area contributed by atoms with Gasteiger partial charge in [-0.25, -0.2) is 4.79 Å². The van der Waals surface area contributed by atoms with Gasteiger partial charge in [0.1, 0.15) is 5.75 Å². The number of benzene rings is 1. The maximum absolute atomic E-state index is 11.4. The molecule has 0 heterocycles. The number of anilines is 1. The van der Waals surface area contributed by atoms with Gasteiger partial charge in [0.05, 0.1) is 19.4 Å². The largest absolute Gasteiger partial charge is 0.495 e. The molecule has 0 spiro atoms. The minimum absolute atomic E-state index is 0.276. The molecule has 16 heavy (non-hydrogen) atoms. The summed E-state index contributed by atoms with van der Waals surface area (Å²) < 4.78 is 9.92. The van der Waals surface area contributed by atoms with Gasteiger partial charge in [0, 0.05) is 13.7 Å². The van der Waals surface area contributed by atoms with Crippen molar-refractivity contribution in [2.45, 2.75) is 0 Å². The first-order valence-corrected chi connectivity index (χ1v) is 4.94. The third-order valence-electron chi connectivity index (χ3n) is 1.95. The molecule has 0 aliphatic heterocycles. The lowest BCUT2D eigenvalue weighted by Gasteiger charge is -2.10. The smallest absolute Gasteiger partial charge is 0.319 e. The van der Waals surface area contributed by atoms with Crippen LogP contribution in [0.15, 0.2) is 24.3 Å². The van der Waals surface area contributed by atoms with E-state index in [2.05, 4.69) is 10.6 Å². The van der Waals surface area contributed by atoms with Crippen LogP contribution in [0.1, 0.15) is 0 Å². The van der Waals surface area contributed by atoms with Gasteiger partial charge < -0.3 is 20.1 Å². The summed E-state index contributed by atoms with van der Waals surface area (Å²) in [7, 11) is 3.14. The number of hydrogen-bond acceptors (Lipinski definition) is 3. The van der Waals surface area contributed by atoms with Crippen molar-refractivity contribution in [3.63, 3.8) is 0 Å². The average Bonchev–Trinajstić information content (AvgIpc) is 2.30. The van der Waals surface area contributed by atoms with Gasteiger partial charge in [-0.2, -0.15) is 0 Å². The summed E-state index contributed by atoms with van der Waals surface area (Å²) in [6, 6.07) is 6.95. The molecule has 0 bridgehead atoms. The van der Waals surface area contributed by atoms with Crippen molar-refractivity contribution >= 4 is 11.7 Å². The first-order valence-electron chi connectivity index (χ1n) is 4.94. The van der Waals surface area contributed by atoms with Gasteiger partial charge in [-0.05, 0) is 12.1 Å². The number of amides is 2. The van der Waals surface area contributed by atoms with E-state index >= 15 is 0 Å². The molecule has 0 aromatic heterocycles. The molecule has 0 saturated heterocycles. The van der Waals surface area contributed by atoms with Crippen LogP contribution < -0.4 is 15.4 Å². The third kappa shape index (κ3) is 3.78. The van der Waals surface area contributed by atoms with Gasteiger partial charge in [-0.15, -0.1) is 0 Å². The van der Waals surface area contributed by atoms with Crippen molar-refractivity contribution in [3.05, 3.63) is 24.3 Å². The predicted octanol–water partition coefficient (Wildman–Crippen LogP) is 1.46. The summed E-state index contributed by atoms with van der Waals surface area (Å²) in [6.45, 7) is 0.955. The Labute approximate surface area is 94.7 Å². The number of nitrogens with one attached hydrogen (secondary N) is 2. The highest BCUT2D eigenvalue weighted by molar-refractivity contribution is 5.90. The minimum Gasteiger partial charge on any atom is -0.495 e. The Morgan fingerprint density at radius 1 is 1.31 bits per heavy atom. The summed E-state index contributed by atoms with van der Waals surface area (Å²) in [5.41, 5.74) is 0.639. The van der Waals surface area contributed by atoms with Crippen LogP contribution in [0.4, 0.5) is 10.5 Å². The Morgan fingerprint density at radius 3 is 2.75 bits per heavy atom. The molecule has 0 saturated carbocycles. The highest BCUT2D eigenvalue weighted by Crippen LogP contribution is 2.22. The standard InChI is InChI=1S/C11H16N2O3/c1-15-8-7-12-11(14)13-9-5-3-4-6-10(9)16-2/h3-6H,7-8H2,1-2H3,(H2,12,13,14). The van der Waals surface area contributed by atoms with Crippen molar-refractivity contribution in [1.29, 1.82) is 0 Å². The van der Waals surface area contributed by atoms with Crippen LogP contribution >= 0.6 is 0 Å². The molecule has 1 aromatic rings. The van der Waals surface area contributed by atoms with Gasteiger partial charge in [-0.1, -0.05) is 12.1 Å². The van der Waals surface area contributed by atoms with Gasteiger partial charge >= 0.3 is 6.03 Å². The second-order valence-electron chi connectivity index (χ2n) is 3.07. The van der Waals surface area contributed by atoms with E-state index < -0.39 is 0 Å². The van der Waals surface area contributed by atoms with E-state index in [1.165, 1.54) is 0 Å². The number of carbonyl (C=O) groups is 1. The lowest BCUT2D eigenvalue weighted by molar-refractivity contribution is 0.198. The zero-order valence-corrected chi connectivity index (χ0v) is 9.45. The van der Waals surface area contributed by atoms with E-state index in [0.717, 1.165) is 0 Å². The monoisotopic (exact) mass is 224 g/mol. The van der Waals surface area contributed by atoms with Crippen LogP contribution in [0.2, 0.25) is 0 Å². The molecular formula is C11H16N2O3. The van der Waals surface area contributed by atoms with E-state index in [4.69, 9.17) is 9.47 Å². The van der Waals surface area contributed by atoms with Crippen LogP contribution in [-0.2, 0) is 4.74 Å². The predicted molar refractivity (Wildman–Crippen MR) is 61.9 cm³/mol. The Balaban J connectivity index is 2.49. The molecule has 1 rings (SSSR count). The van der Waals surface area contributed by atoms with Crippen LogP contribution in [0.25, 0.3) is 0 Å². The maximum atomic E-state index is 11.4. The molecule has 1 aromatic carbocycles. The topological polar surface area (TPSA) is 59.6 Å². The van der Waals surface area contributed by atoms with E-state index in [1.54, 1.807) is 26.4 Å². The molecule has 88 valence electrons. The second-order valence-corrected chi connectivity index (χ2v) is 3.07. The zero-order valence-electron chi connectivity index (χ0n) is 9.45. The molecule has 0 radical (unpaired) electrons. The van der Waals surface area contributed by atoms with Crippen molar-refractivity contribution in [3.8, 4) is 5.75 Å². The fourth-order valence-corrected chi connectivity index (χ4v) is 1.18. The van der Waals surface area contributed by atoms with Crippen LogP contribution in [0, 0.1) is 0 Å². The minimum atomic E-state index is -0.276. The normalized spacial score (nSPS) is 9.62. The quantitative estimate of drug-likeness (QED) is 0.744. The number of carbonyl (C=O) groups excluding carboxylic acids is 1. The molecule has 5 nitrogen and oxygen atoms in total. The first-order chi connectivity index (χ1) is 7.77. The lowest BCUT2D eigenvalue weighted by atomic mass is 10.3. The van der Waals surface area contributed by atoms with Crippen LogP contribution in [0.3, 0.4) is 0 Å². The van der Waals surface area contributed by atoms with Gasteiger partial charge in [0.15, 0.2) is 0 Å². The molecule has 5 heteroatoms. The van der Waals surface area contributed by atoms with Crippen LogP contribution in [-0.4, -0.2) is 33.4 Å². The SMILES string of the molecule is COCCNC(=O)Nc1ccccc1OC. The molecule has 2 N–H and O–H groups in total. The second kappa shape index (κ2) is 6.68. The molecule has 0 atom stereocenters. The summed E-state index contributed by atoms with van der Waals surface area (Å²) >= 11 is 0. The highest BCUT2D eigenvalue weighted by atomic mass is 16.5. The van der Waals surface area contributed by atoms with Crippen molar-refractivity contribution < 1.29 is 14.3 Å². The van der Waals surface area contributed by atoms with Crippen LogP contribution in [0.5, 0.6) is 5.75 Å². The number of ether oxygens (including phenoxy) is 2. The van der Waals surface area contributed by atoms with E-state index in [-0.39, 0.29) is 6.03 Å². The van der Waals surface area contributed by atoms with Gasteiger partial charge in [0.2, 0.25) is 0 Å². The number of methoxy groups -OCH3 is 2. The number of para-hydroxylation sites is 2. The first kappa shape index (κ1) is 12.3. The molecule has 0 aliphatic carbocycles. The summed E-state index contributed by atoms with van der Waals surface area (Å²) in [5.74, 6) is 0.629. The Bertz CT molecular complexity index is 342. The van der Waals surface area contributed by atoms with Crippen molar-refractivity contribution in [1.82, 2.24) is 5.32 Å². The lowest BCUT2D eigenvalue weighted by Crippen LogP contribution is -2.31. The number of rotatable bonds is 5. The van der Waals surface area contributed by atoms with E-state index in [1.807, 2.05) is 12.1 Å². The summed E-state index contributed by atoms with van der Waals surface area (Å²) in [4.78, 5) is 11.4. The van der Waals surface area contributed by atoms with Crippen molar-refractivity contribution in [2.75, 3.05) is 32.7 Å². The molecule has 2 amide bonds. The number of hydrogen-bond donors (Lipinski definition) is 2. The third-order valence-corrected chi connectivity index (χ3v) is 1.95. The summed E-state index contributed by atoms with van der Waals surface area (Å²) in [6.07, 6.45) is 0.